The molecule has 3 nitrogen and oxygen atoms in total. The molecule has 20 heavy (non-hydrogen) atoms. The van der Waals surface area contributed by atoms with E-state index in [0.29, 0.717) is 12.2 Å². The fourth-order valence-corrected chi connectivity index (χ4v) is 2.54. The van der Waals surface area contributed by atoms with Crippen molar-refractivity contribution in [2.24, 2.45) is 5.73 Å². The number of rotatable bonds is 4. The Hall–Kier alpha value is -1.88. The molecule has 0 unspecified atom stereocenters. The van der Waals surface area contributed by atoms with Gasteiger partial charge in [0, 0.05) is 18.1 Å². The van der Waals surface area contributed by atoms with Crippen LogP contribution in [0.3, 0.4) is 0 Å². The number of hydrogen-bond acceptors (Lipinski definition) is 2. The lowest BCUT2D eigenvalue weighted by atomic mass is 10.1. The van der Waals surface area contributed by atoms with E-state index >= 15 is 0 Å². The molecular formula is C15H15BrFN3. The summed E-state index contributed by atoms with van der Waals surface area (Å²) in [6.45, 7) is 0.600. The van der Waals surface area contributed by atoms with E-state index in [1.807, 2.05) is 36.2 Å². The first-order valence-electron chi connectivity index (χ1n) is 6.07. The van der Waals surface area contributed by atoms with Crippen LogP contribution in [0.15, 0.2) is 46.9 Å². The van der Waals surface area contributed by atoms with E-state index in [4.69, 9.17) is 11.1 Å². The molecule has 0 spiro atoms. The van der Waals surface area contributed by atoms with E-state index in [1.54, 1.807) is 12.1 Å². The summed E-state index contributed by atoms with van der Waals surface area (Å²) >= 11 is 3.42. The van der Waals surface area contributed by atoms with Gasteiger partial charge in [-0.2, -0.15) is 0 Å². The van der Waals surface area contributed by atoms with Crippen LogP contribution in [0.1, 0.15) is 11.1 Å². The van der Waals surface area contributed by atoms with Gasteiger partial charge in [0.2, 0.25) is 0 Å². The zero-order valence-corrected chi connectivity index (χ0v) is 12.6. The number of anilines is 1. The number of hydrogen-bond donors (Lipinski definition) is 2. The molecule has 2 rings (SSSR count). The molecule has 104 valence electrons. The first kappa shape index (κ1) is 14.5. The Labute approximate surface area is 125 Å². The van der Waals surface area contributed by atoms with Crippen LogP contribution in [-0.4, -0.2) is 12.9 Å². The SMILES string of the molecule is CN(Cc1cccc(Br)c1)c1cccc(F)c1C(=N)N. The van der Waals surface area contributed by atoms with Gasteiger partial charge in [0.15, 0.2) is 0 Å². The second kappa shape index (κ2) is 6.05. The van der Waals surface area contributed by atoms with E-state index in [0.717, 1.165) is 10.0 Å². The maximum absolute atomic E-state index is 13.8. The Morgan fingerprint density at radius 2 is 2.00 bits per heavy atom. The van der Waals surface area contributed by atoms with Gasteiger partial charge in [-0.05, 0) is 29.8 Å². The summed E-state index contributed by atoms with van der Waals surface area (Å²) in [5.41, 5.74) is 7.32. The molecule has 0 aromatic heterocycles. The maximum atomic E-state index is 13.8. The summed E-state index contributed by atoms with van der Waals surface area (Å²) in [4.78, 5) is 1.88. The first-order chi connectivity index (χ1) is 9.49. The highest BCUT2D eigenvalue weighted by Crippen LogP contribution is 2.24. The predicted octanol–water partition coefficient (Wildman–Crippen LogP) is 3.51. The highest BCUT2D eigenvalue weighted by Gasteiger charge is 2.14. The van der Waals surface area contributed by atoms with Crippen LogP contribution in [-0.2, 0) is 6.54 Å². The quantitative estimate of drug-likeness (QED) is 0.663. The summed E-state index contributed by atoms with van der Waals surface area (Å²) in [6, 6.07) is 12.6. The molecule has 5 heteroatoms. The summed E-state index contributed by atoms with van der Waals surface area (Å²) in [7, 11) is 1.85. The lowest BCUT2D eigenvalue weighted by molar-refractivity contribution is 0.624. The zero-order chi connectivity index (χ0) is 14.7. The minimum Gasteiger partial charge on any atom is -0.384 e. The third kappa shape index (κ3) is 3.17. The van der Waals surface area contributed by atoms with Crippen LogP contribution in [0.5, 0.6) is 0 Å². The van der Waals surface area contributed by atoms with E-state index in [2.05, 4.69) is 15.9 Å². The molecule has 0 atom stereocenters. The van der Waals surface area contributed by atoms with Gasteiger partial charge in [0.05, 0.1) is 11.3 Å². The molecule has 0 saturated heterocycles. The molecule has 0 bridgehead atoms. The molecule has 0 aliphatic heterocycles. The fourth-order valence-electron chi connectivity index (χ4n) is 2.09. The number of nitrogens with two attached hydrogens (primary N) is 1. The number of halogens is 2. The third-order valence-electron chi connectivity index (χ3n) is 2.98. The molecule has 2 aromatic rings. The van der Waals surface area contributed by atoms with Crippen molar-refractivity contribution in [1.82, 2.24) is 0 Å². The first-order valence-corrected chi connectivity index (χ1v) is 6.87. The lowest BCUT2D eigenvalue weighted by Gasteiger charge is -2.22. The van der Waals surface area contributed by atoms with Crippen molar-refractivity contribution in [3.8, 4) is 0 Å². The van der Waals surface area contributed by atoms with Crippen LogP contribution < -0.4 is 10.6 Å². The van der Waals surface area contributed by atoms with Crippen LogP contribution in [0.4, 0.5) is 10.1 Å². The van der Waals surface area contributed by atoms with Crippen molar-refractivity contribution in [3.05, 3.63) is 63.9 Å². The second-order valence-electron chi connectivity index (χ2n) is 4.53. The molecule has 2 aromatic carbocycles. The summed E-state index contributed by atoms with van der Waals surface area (Å²) in [5, 5.41) is 7.53. The molecular weight excluding hydrogens is 321 g/mol. The van der Waals surface area contributed by atoms with Gasteiger partial charge in [-0.25, -0.2) is 4.39 Å². The Morgan fingerprint density at radius 3 is 2.65 bits per heavy atom. The van der Waals surface area contributed by atoms with Gasteiger partial charge in [0.1, 0.15) is 11.7 Å². The normalized spacial score (nSPS) is 10.3. The molecule has 0 fully saturated rings. The van der Waals surface area contributed by atoms with Crippen LogP contribution in [0.2, 0.25) is 0 Å². The smallest absolute Gasteiger partial charge is 0.136 e. The molecule has 0 amide bonds. The standard InChI is InChI=1S/C15H15BrFN3/c1-20(9-10-4-2-5-11(16)8-10)13-7-3-6-12(17)14(13)15(18)19/h2-8H,9H2,1H3,(H3,18,19). The highest BCUT2D eigenvalue weighted by atomic mass is 79.9. The van der Waals surface area contributed by atoms with Crippen molar-refractivity contribution >= 4 is 27.5 Å². The average molecular weight is 336 g/mol. The highest BCUT2D eigenvalue weighted by molar-refractivity contribution is 9.10. The molecule has 0 aliphatic carbocycles. The van der Waals surface area contributed by atoms with Crippen molar-refractivity contribution in [1.29, 1.82) is 5.41 Å². The van der Waals surface area contributed by atoms with Gasteiger partial charge in [-0.1, -0.05) is 34.1 Å². The maximum Gasteiger partial charge on any atom is 0.136 e. The van der Waals surface area contributed by atoms with Crippen molar-refractivity contribution in [2.75, 3.05) is 11.9 Å². The van der Waals surface area contributed by atoms with E-state index in [1.165, 1.54) is 6.07 Å². The Balaban J connectivity index is 2.32. The predicted molar refractivity (Wildman–Crippen MR) is 83.7 cm³/mol. The average Bonchev–Trinajstić information content (AvgIpc) is 2.37. The van der Waals surface area contributed by atoms with Gasteiger partial charge >= 0.3 is 0 Å². The minimum absolute atomic E-state index is 0.144. The topological polar surface area (TPSA) is 53.1 Å². The van der Waals surface area contributed by atoms with Crippen molar-refractivity contribution in [3.63, 3.8) is 0 Å². The molecule has 0 radical (unpaired) electrons. The summed E-state index contributed by atoms with van der Waals surface area (Å²) in [6.07, 6.45) is 0. The van der Waals surface area contributed by atoms with Crippen molar-refractivity contribution < 1.29 is 4.39 Å². The monoisotopic (exact) mass is 335 g/mol. The van der Waals surface area contributed by atoms with E-state index in [-0.39, 0.29) is 11.4 Å². The van der Waals surface area contributed by atoms with E-state index in [9.17, 15) is 4.39 Å². The molecule has 0 aliphatic rings. The molecule has 0 saturated carbocycles. The fraction of sp³-hybridized carbons (Fsp3) is 0.133. The largest absolute Gasteiger partial charge is 0.384 e. The second-order valence-corrected chi connectivity index (χ2v) is 5.45. The lowest BCUT2D eigenvalue weighted by Crippen LogP contribution is -2.23. The van der Waals surface area contributed by atoms with Crippen LogP contribution in [0.25, 0.3) is 0 Å². The van der Waals surface area contributed by atoms with Gasteiger partial charge in [-0.3, -0.25) is 5.41 Å². The van der Waals surface area contributed by atoms with Crippen LogP contribution in [0, 0.1) is 11.2 Å². The third-order valence-corrected chi connectivity index (χ3v) is 3.47. The minimum atomic E-state index is -0.476. The van der Waals surface area contributed by atoms with Gasteiger partial charge in [0.25, 0.3) is 0 Å². The van der Waals surface area contributed by atoms with Gasteiger partial charge < -0.3 is 10.6 Å². The van der Waals surface area contributed by atoms with Crippen molar-refractivity contribution in [2.45, 2.75) is 6.54 Å². The Morgan fingerprint density at radius 1 is 1.30 bits per heavy atom. The number of nitrogens with zero attached hydrogens (tertiary/aromatic N) is 1. The zero-order valence-electron chi connectivity index (χ0n) is 11.0. The van der Waals surface area contributed by atoms with E-state index < -0.39 is 5.82 Å². The molecule has 3 N–H and O–H groups in total. The summed E-state index contributed by atoms with van der Waals surface area (Å²) < 4.78 is 14.8. The van der Waals surface area contributed by atoms with Gasteiger partial charge in [-0.15, -0.1) is 0 Å². The summed E-state index contributed by atoms with van der Waals surface area (Å²) in [5.74, 6) is -0.740. The molecule has 0 heterocycles. The van der Waals surface area contributed by atoms with Crippen LogP contribution >= 0.6 is 15.9 Å². The Kier molecular flexibility index (Phi) is 4.39. The Bertz CT molecular complexity index is 643. The number of amidine groups is 1. The number of nitrogens with one attached hydrogen (secondary N) is 1. The number of nitrogen functional groups attached to an aromatic ring is 1. The number of benzene rings is 2.